The van der Waals surface area contributed by atoms with Crippen LogP contribution in [0.25, 0.3) is 0 Å². The van der Waals surface area contributed by atoms with Gasteiger partial charge in [0.1, 0.15) is 12.4 Å². The van der Waals surface area contributed by atoms with Crippen LogP contribution in [0.2, 0.25) is 0 Å². The quantitative estimate of drug-likeness (QED) is 0.374. The molecule has 0 amide bonds. The summed E-state index contributed by atoms with van der Waals surface area (Å²) >= 11 is 0. The van der Waals surface area contributed by atoms with Crippen LogP contribution in [0.4, 0.5) is 0 Å². The van der Waals surface area contributed by atoms with Crippen molar-refractivity contribution in [1.82, 2.24) is 10.6 Å². The van der Waals surface area contributed by atoms with Gasteiger partial charge in [-0.2, -0.15) is 0 Å². The van der Waals surface area contributed by atoms with Crippen molar-refractivity contribution in [2.45, 2.75) is 26.7 Å². The van der Waals surface area contributed by atoms with Crippen molar-refractivity contribution >= 4 is 5.96 Å². The van der Waals surface area contributed by atoms with E-state index in [1.54, 1.807) is 0 Å². The maximum Gasteiger partial charge on any atom is 0.191 e. The van der Waals surface area contributed by atoms with Crippen molar-refractivity contribution in [3.63, 3.8) is 0 Å². The molecule has 0 spiro atoms. The van der Waals surface area contributed by atoms with E-state index in [9.17, 15) is 0 Å². The van der Waals surface area contributed by atoms with E-state index in [4.69, 9.17) is 9.47 Å². The number of hydrogen-bond donors (Lipinski definition) is 2. The zero-order chi connectivity index (χ0) is 15.9. The van der Waals surface area contributed by atoms with Crippen LogP contribution in [-0.2, 0) is 4.74 Å². The van der Waals surface area contributed by atoms with E-state index < -0.39 is 0 Å². The Morgan fingerprint density at radius 3 is 2.59 bits per heavy atom. The van der Waals surface area contributed by atoms with Gasteiger partial charge in [-0.25, -0.2) is 0 Å². The lowest BCUT2D eigenvalue weighted by Gasteiger charge is -2.12. The zero-order valence-electron chi connectivity index (χ0n) is 13.8. The van der Waals surface area contributed by atoms with Crippen molar-refractivity contribution in [3.8, 4) is 5.75 Å². The number of nitrogens with one attached hydrogen (secondary N) is 2. The summed E-state index contributed by atoms with van der Waals surface area (Å²) in [4.78, 5) is 4.54. The second kappa shape index (κ2) is 13.0. The van der Waals surface area contributed by atoms with E-state index in [1.807, 2.05) is 37.3 Å². The van der Waals surface area contributed by atoms with Crippen LogP contribution in [0.1, 0.15) is 26.7 Å². The molecule has 0 bridgehead atoms. The summed E-state index contributed by atoms with van der Waals surface area (Å²) < 4.78 is 11.0. The third-order valence-electron chi connectivity index (χ3n) is 2.92. The van der Waals surface area contributed by atoms with Gasteiger partial charge in [0, 0.05) is 26.3 Å². The molecule has 5 heteroatoms. The highest BCUT2D eigenvalue weighted by Crippen LogP contribution is 2.07. The SMILES string of the molecule is CCNC(=NCCCCOCC)NCCOc1ccccc1. The summed E-state index contributed by atoms with van der Waals surface area (Å²) in [6.07, 6.45) is 2.09. The molecule has 2 N–H and O–H groups in total. The van der Waals surface area contributed by atoms with Gasteiger partial charge in [-0.3, -0.25) is 4.99 Å². The van der Waals surface area contributed by atoms with E-state index >= 15 is 0 Å². The van der Waals surface area contributed by atoms with Gasteiger partial charge in [0.2, 0.25) is 0 Å². The molecule has 0 unspecified atom stereocenters. The Morgan fingerprint density at radius 1 is 1.05 bits per heavy atom. The number of benzene rings is 1. The summed E-state index contributed by atoms with van der Waals surface area (Å²) in [5.41, 5.74) is 0. The molecule has 0 aliphatic heterocycles. The zero-order valence-corrected chi connectivity index (χ0v) is 13.8. The van der Waals surface area contributed by atoms with E-state index in [-0.39, 0.29) is 0 Å². The summed E-state index contributed by atoms with van der Waals surface area (Å²) in [7, 11) is 0. The third-order valence-corrected chi connectivity index (χ3v) is 2.92. The Bertz CT molecular complexity index is 396. The largest absolute Gasteiger partial charge is 0.492 e. The first kappa shape index (κ1) is 18.3. The van der Waals surface area contributed by atoms with Crippen molar-refractivity contribution < 1.29 is 9.47 Å². The standard InChI is InChI=1S/C17H29N3O2/c1-3-18-17(19-12-8-9-14-21-4-2)20-13-15-22-16-10-6-5-7-11-16/h5-7,10-11H,3-4,8-9,12-15H2,1-2H3,(H2,18,19,20). The van der Waals surface area contributed by atoms with Gasteiger partial charge in [0.25, 0.3) is 0 Å². The predicted molar refractivity (Wildman–Crippen MR) is 91.6 cm³/mol. The van der Waals surface area contributed by atoms with Gasteiger partial charge < -0.3 is 20.1 Å². The number of hydrogen-bond acceptors (Lipinski definition) is 3. The lowest BCUT2D eigenvalue weighted by atomic mass is 10.3. The number of nitrogens with zero attached hydrogens (tertiary/aromatic N) is 1. The van der Waals surface area contributed by atoms with Crippen LogP contribution >= 0.6 is 0 Å². The van der Waals surface area contributed by atoms with Crippen molar-refractivity contribution in [3.05, 3.63) is 30.3 Å². The lowest BCUT2D eigenvalue weighted by molar-refractivity contribution is 0.144. The second-order valence-electron chi connectivity index (χ2n) is 4.75. The smallest absolute Gasteiger partial charge is 0.191 e. The van der Waals surface area contributed by atoms with Crippen molar-refractivity contribution in [1.29, 1.82) is 0 Å². The molecule has 0 saturated carbocycles. The highest BCUT2D eigenvalue weighted by atomic mass is 16.5. The third kappa shape index (κ3) is 9.23. The lowest BCUT2D eigenvalue weighted by Crippen LogP contribution is -2.39. The fraction of sp³-hybridized carbons (Fsp3) is 0.588. The van der Waals surface area contributed by atoms with E-state index in [2.05, 4.69) is 22.5 Å². The van der Waals surface area contributed by atoms with E-state index in [0.29, 0.717) is 6.61 Å². The molecule has 0 saturated heterocycles. The number of unbranched alkanes of at least 4 members (excludes halogenated alkanes) is 1. The molecule has 0 radical (unpaired) electrons. The first-order valence-corrected chi connectivity index (χ1v) is 8.14. The Labute approximate surface area is 134 Å². The molecule has 1 aromatic carbocycles. The van der Waals surface area contributed by atoms with Crippen molar-refractivity contribution in [2.24, 2.45) is 4.99 Å². The van der Waals surface area contributed by atoms with Crippen LogP contribution in [0.15, 0.2) is 35.3 Å². The number of guanidine groups is 1. The first-order chi connectivity index (χ1) is 10.9. The summed E-state index contributed by atoms with van der Waals surface area (Å²) in [5.74, 6) is 1.73. The van der Waals surface area contributed by atoms with Crippen LogP contribution in [0, 0.1) is 0 Å². The van der Waals surface area contributed by atoms with Crippen molar-refractivity contribution in [2.75, 3.05) is 39.5 Å². The average molecular weight is 307 g/mol. The minimum Gasteiger partial charge on any atom is -0.492 e. The number of aliphatic imine (C=N–C) groups is 1. The first-order valence-electron chi connectivity index (χ1n) is 8.14. The number of para-hydroxylation sites is 1. The molecule has 22 heavy (non-hydrogen) atoms. The second-order valence-corrected chi connectivity index (χ2v) is 4.75. The van der Waals surface area contributed by atoms with Crippen LogP contribution in [-0.4, -0.2) is 45.4 Å². The van der Waals surface area contributed by atoms with Gasteiger partial charge in [-0.15, -0.1) is 0 Å². The molecular formula is C17H29N3O2. The Balaban J connectivity index is 2.16. The normalized spacial score (nSPS) is 11.3. The molecule has 5 nitrogen and oxygen atoms in total. The summed E-state index contributed by atoms with van der Waals surface area (Å²) in [6, 6.07) is 9.83. The van der Waals surface area contributed by atoms with Gasteiger partial charge in [-0.05, 0) is 38.8 Å². The molecule has 124 valence electrons. The average Bonchev–Trinajstić information content (AvgIpc) is 2.55. The molecule has 0 fully saturated rings. The van der Waals surface area contributed by atoms with Gasteiger partial charge in [0.05, 0.1) is 6.54 Å². The molecule has 0 aliphatic carbocycles. The summed E-state index contributed by atoms with van der Waals surface area (Å²) in [5, 5.41) is 6.51. The number of ether oxygens (including phenoxy) is 2. The molecule has 0 aliphatic rings. The topological polar surface area (TPSA) is 54.9 Å². The Hall–Kier alpha value is -1.75. The van der Waals surface area contributed by atoms with Gasteiger partial charge in [-0.1, -0.05) is 18.2 Å². The fourth-order valence-corrected chi connectivity index (χ4v) is 1.85. The Kier molecular flexibility index (Phi) is 10.8. The minimum atomic E-state index is 0.610. The summed E-state index contributed by atoms with van der Waals surface area (Å²) in [6.45, 7) is 8.68. The highest BCUT2D eigenvalue weighted by Gasteiger charge is 1.97. The van der Waals surface area contributed by atoms with E-state index in [1.165, 1.54) is 0 Å². The minimum absolute atomic E-state index is 0.610. The molecule has 1 rings (SSSR count). The highest BCUT2D eigenvalue weighted by molar-refractivity contribution is 5.79. The van der Waals surface area contributed by atoms with Gasteiger partial charge >= 0.3 is 0 Å². The maximum absolute atomic E-state index is 5.64. The predicted octanol–water partition coefficient (Wildman–Crippen LogP) is 2.44. The number of rotatable bonds is 11. The van der Waals surface area contributed by atoms with Gasteiger partial charge in [0.15, 0.2) is 5.96 Å². The fourth-order valence-electron chi connectivity index (χ4n) is 1.85. The monoisotopic (exact) mass is 307 g/mol. The molecule has 0 heterocycles. The Morgan fingerprint density at radius 2 is 1.86 bits per heavy atom. The molecule has 0 aromatic heterocycles. The molecule has 0 atom stereocenters. The van der Waals surface area contributed by atoms with Crippen LogP contribution in [0.3, 0.4) is 0 Å². The van der Waals surface area contributed by atoms with Crippen LogP contribution < -0.4 is 15.4 Å². The van der Waals surface area contributed by atoms with E-state index in [0.717, 1.165) is 57.4 Å². The maximum atomic E-state index is 5.64. The molecule has 1 aromatic rings. The van der Waals surface area contributed by atoms with Crippen LogP contribution in [0.5, 0.6) is 5.75 Å². The molecular weight excluding hydrogens is 278 g/mol.